The highest BCUT2D eigenvalue weighted by atomic mass is 79.9. The van der Waals surface area contributed by atoms with Gasteiger partial charge >= 0.3 is 0 Å². The van der Waals surface area contributed by atoms with Gasteiger partial charge in [0.1, 0.15) is 0 Å². The molecule has 0 unspecified atom stereocenters. The fourth-order valence-corrected chi connectivity index (χ4v) is 3.22. The van der Waals surface area contributed by atoms with Crippen molar-refractivity contribution < 1.29 is 4.79 Å². The molecule has 2 aromatic rings. The van der Waals surface area contributed by atoms with Gasteiger partial charge in [0, 0.05) is 22.3 Å². The third kappa shape index (κ3) is 3.06. The topological polar surface area (TPSA) is 41.1 Å². The molecule has 5 heteroatoms. The average Bonchev–Trinajstić information content (AvgIpc) is 2.49. The van der Waals surface area contributed by atoms with Crippen LogP contribution in [0.2, 0.25) is 5.02 Å². The summed E-state index contributed by atoms with van der Waals surface area (Å²) in [5.74, 6) is -0.125. The highest BCUT2D eigenvalue weighted by Crippen LogP contribution is 2.28. The Hall–Kier alpha value is -1.52. The standard InChI is InChI=1S/C16H14BrClN2O/c17-10-6-7-15(13(18)9-10)20-16(21)12-3-1-5-14-11(12)4-2-8-19-14/h1,3,5-7,9,19H,2,4,8H2,(H,20,21). The first-order valence-electron chi connectivity index (χ1n) is 6.77. The van der Waals surface area contributed by atoms with Gasteiger partial charge in [-0.15, -0.1) is 0 Å². The Morgan fingerprint density at radius 1 is 1.29 bits per heavy atom. The summed E-state index contributed by atoms with van der Waals surface area (Å²) in [6.45, 7) is 0.955. The van der Waals surface area contributed by atoms with E-state index in [4.69, 9.17) is 11.6 Å². The van der Waals surface area contributed by atoms with Gasteiger partial charge < -0.3 is 10.6 Å². The molecule has 0 spiro atoms. The van der Waals surface area contributed by atoms with Crippen LogP contribution in [0, 0.1) is 0 Å². The number of hydrogen-bond acceptors (Lipinski definition) is 2. The smallest absolute Gasteiger partial charge is 0.256 e. The van der Waals surface area contributed by atoms with Crippen LogP contribution < -0.4 is 10.6 Å². The Balaban J connectivity index is 1.89. The van der Waals surface area contributed by atoms with Crippen LogP contribution in [0.25, 0.3) is 0 Å². The van der Waals surface area contributed by atoms with Gasteiger partial charge in [0.25, 0.3) is 5.91 Å². The van der Waals surface area contributed by atoms with Gasteiger partial charge in [-0.3, -0.25) is 4.79 Å². The predicted octanol–water partition coefficient (Wildman–Crippen LogP) is 4.71. The number of anilines is 2. The Labute approximate surface area is 136 Å². The van der Waals surface area contributed by atoms with Crippen LogP contribution in [0.15, 0.2) is 40.9 Å². The summed E-state index contributed by atoms with van der Waals surface area (Å²) in [5.41, 5.74) is 3.45. The summed E-state index contributed by atoms with van der Waals surface area (Å²) in [7, 11) is 0. The van der Waals surface area contributed by atoms with Crippen LogP contribution in [0.3, 0.4) is 0 Å². The van der Waals surface area contributed by atoms with Crippen molar-refractivity contribution in [3.8, 4) is 0 Å². The van der Waals surface area contributed by atoms with Crippen LogP contribution in [0.4, 0.5) is 11.4 Å². The van der Waals surface area contributed by atoms with Crippen molar-refractivity contribution in [2.24, 2.45) is 0 Å². The summed E-state index contributed by atoms with van der Waals surface area (Å²) in [6, 6.07) is 11.2. The average molecular weight is 366 g/mol. The van der Waals surface area contributed by atoms with E-state index in [1.54, 1.807) is 12.1 Å². The van der Waals surface area contributed by atoms with E-state index in [0.29, 0.717) is 16.3 Å². The number of carbonyl (C=O) groups excluding carboxylic acids is 1. The third-order valence-corrected chi connectivity index (χ3v) is 4.32. The molecule has 1 aliphatic heterocycles. The molecule has 0 radical (unpaired) electrons. The molecule has 21 heavy (non-hydrogen) atoms. The number of amides is 1. The molecule has 3 nitrogen and oxygen atoms in total. The van der Waals surface area contributed by atoms with E-state index in [1.807, 2.05) is 24.3 Å². The normalized spacial score (nSPS) is 13.2. The van der Waals surface area contributed by atoms with Crippen molar-refractivity contribution in [3.05, 3.63) is 57.0 Å². The molecule has 3 rings (SSSR count). The minimum Gasteiger partial charge on any atom is -0.385 e. The molecule has 1 heterocycles. The number of fused-ring (bicyclic) bond motifs is 1. The number of halogens is 2. The maximum absolute atomic E-state index is 12.5. The van der Waals surface area contributed by atoms with Gasteiger partial charge in [0.05, 0.1) is 10.7 Å². The zero-order chi connectivity index (χ0) is 14.8. The molecule has 0 saturated carbocycles. The van der Waals surface area contributed by atoms with Crippen molar-refractivity contribution in [2.75, 3.05) is 17.2 Å². The maximum Gasteiger partial charge on any atom is 0.256 e. The predicted molar refractivity (Wildman–Crippen MR) is 90.4 cm³/mol. The molecular formula is C16H14BrClN2O. The van der Waals surface area contributed by atoms with E-state index in [0.717, 1.165) is 35.1 Å². The highest BCUT2D eigenvalue weighted by Gasteiger charge is 2.18. The number of hydrogen-bond donors (Lipinski definition) is 2. The Kier molecular flexibility index (Phi) is 4.17. The molecule has 1 amide bonds. The van der Waals surface area contributed by atoms with Gasteiger partial charge in [-0.1, -0.05) is 33.6 Å². The minimum absolute atomic E-state index is 0.125. The Morgan fingerprint density at radius 2 is 2.14 bits per heavy atom. The zero-order valence-corrected chi connectivity index (χ0v) is 13.6. The lowest BCUT2D eigenvalue weighted by Crippen LogP contribution is -2.19. The first-order chi connectivity index (χ1) is 10.1. The molecule has 0 atom stereocenters. The van der Waals surface area contributed by atoms with Crippen molar-refractivity contribution in [1.82, 2.24) is 0 Å². The molecule has 2 N–H and O–H groups in total. The van der Waals surface area contributed by atoms with Crippen LogP contribution in [-0.4, -0.2) is 12.5 Å². The quantitative estimate of drug-likeness (QED) is 0.809. The van der Waals surface area contributed by atoms with Gasteiger partial charge in [0.2, 0.25) is 0 Å². The minimum atomic E-state index is -0.125. The molecule has 0 bridgehead atoms. The summed E-state index contributed by atoms with van der Waals surface area (Å²) in [6.07, 6.45) is 1.95. The van der Waals surface area contributed by atoms with E-state index >= 15 is 0 Å². The summed E-state index contributed by atoms with van der Waals surface area (Å²) in [5, 5.41) is 6.73. The molecule has 0 aliphatic carbocycles. The maximum atomic E-state index is 12.5. The first kappa shape index (κ1) is 14.4. The monoisotopic (exact) mass is 364 g/mol. The number of rotatable bonds is 2. The van der Waals surface area contributed by atoms with E-state index in [1.165, 1.54) is 0 Å². The van der Waals surface area contributed by atoms with E-state index in [-0.39, 0.29) is 5.91 Å². The fourth-order valence-electron chi connectivity index (χ4n) is 2.50. The van der Waals surface area contributed by atoms with Gasteiger partial charge in [-0.2, -0.15) is 0 Å². The lowest BCUT2D eigenvalue weighted by atomic mass is 9.97. The summed E-state index contributed by atoms with van der Waals surface area (Å²) in [4.78, 5) is 12.5. The Morgan fingerprint density at radius 3 is 2.95 bits per heavy atom. The molecular weight excluding hydrogens is 352 g/mol. The van der Waals surface area contributed by atoms with Crippen molar-refractivity contribution in [1.29, 1.82) is 0 Å². The van der Waals surface area contributed by atoms with E-state index in [2.05, 4.69) is 26.6 Å². The van der Waals surface area contributed by atoms with Crippen molar-refractivity contribution >= 4 is 44.8 Å². The second-order valence-corrected chi connectivity index (χ2v) is 6.26. The lowest BCUT2D eigenvalue weighted by Gasteiger charge is -2.20. The highest BCUT2D eigenvalue weighted by molar-refractivity contribution is 9.10. The Bertz CT molecular complexity index is 703. The van der Waals surface area contributed by atoms with Crippen LogP contribution in [0.5, 0.6) is 0 Å². The van der Waals surface area contributed by atoms with E-state index < -0.39 is 0 Å². The number of nitrogens with one attached hydrogen (secondary N) is 2. The van der Waals surface area contributed by atoms with Crippen LogP contribution >= 0.6 is 27.5 Å². The summed E-state index contributed by atoms with van der Waals surface area (Å²) >= 11 is 9.50. The van der Waals surface area contributed by atoms with Crippen molar-refractivity contribution in [2.45, 2.75) is 12.8 Å². The zero-order valence-electron chi connectivity index (χ0n) is 11.2. The second kappa shape index (κ2) is 6.08. The van der Waals surface area contributed by atoms with Gasteiger partial charge in [0.15, 0.2) is 0 Å². The van der Waals surface area contributed by atoms with Crippen molar-refractivity contribution in [3.63, 3.8) is 0 Å². The fraction of sp³-hybridized carbons (Fsp3) is 0.188. The van der Waals surface area contributed by atoms with Gasteiger partial charge in [-0.05, 0) is 48.7 Å². The first-order valence-corrected chi connectivity index (χ1v) is 7.94. The third-order valence-electron chi connectivity index (χ3n) is 3.52. The van der Waals surface area contributed by atoms with Gasteiger partial charge in [-0.25, -0.2) is 0 Å². The van der Waals surface area contributed by atoms with E-state index in [9.17, 15) is 4.79 Å². The largest absolute Gasteiger partial charge is 0.385 e. The SMILES string of the molecule is O=C(Nc1ccc(Br)cc1Cl)c1cccc2c1CCCN2. The number of benzene rings is 2. The van der Waals surface area contributed by atoms with Crippen LogP contribution in [-0.2, 0) is 6.42 Å². The number of carbonyl (C=O) groups is 1. The second-order valence-electron chi connectivity index (χ2n) is 4.94. The molecule has 0 aromatic heterocycles. The molecule has 2 aromatic carbocycles. The summed E-state index contributed by atoms with van der Waals surface area (Å²) < 4.78 is 0.881. The molecule has 1 aliphatic rings. The van der Waals surface area contributed by atoms with Crippen LogP contribution in [0.1, 0.15) is 22.3 Å². The lowest BCUT2D eigenvalue weighted by molar-refractivity contribution is 0.102. The molecule has 0 saturated heterocycles. The molecule has 108 valence electrons. The molecule has 0 fully saturated rings.